The van der Waals surface area contributed by atoms with Gasteiger partial charge in [0.05, 0.1) is 10.9 Å². The third-order valence-corrected chi connectivity index (χ3v) is 3.59. The minimum atomic E-state index is -1.03. The maximum atomic E-state index is 11.8. The Bertz CT molecular complexity index is 436. The van der Waals surface area contributed by atoms with Crippen LogP contribution in [0.1, 0.15) is 18.2 Å². The zero-order valence-corrected chi connectivity index (χ0v) is 11.7. The number of nitrogens with one attached hydrogen (secondary N) is 1. The number of nitrogens with zero attached hydrogens (tertiary/aromatic N) is 1. The smallest absolute Gasteiger partial charge is 0.326 e. The van der Waals surface area contributed by atoms with Crippen LogP contribution >= 0.6 is 22.9 Å². The molecule has 18 heavy (non-hydrogen) atoms. The second kappa shape index (κ2) is 6.61. The van der Waals surface area contributed by atoms with Gasteiger partial charge in [-0.3, -0.25) is 0 Å². The molecule has 0 aliphatic heterocycles. The van der Waals surface area contributed by atoms with Gasteiger partial charge in [-0.25, -0.2) is 9.59 Å². The molecule has 2 amide bonds. The van der Waals surface area contributed by atoms with E-state index in [9.17, 15) is 9.59 Å². The van der Waals surface area contributed by atoms with Crippen molar-refractivity contribution in [2.75, 3.05) is 7.05 Å². The maximum Gasteiger partial charge on any atom is 0.326 e. The van der Waals surface area contributed by atoms with Gasteiger partial charge in [-0.05, 0) is 18.6 Å². The predicted octanol–water partition coefficient (Wildman–Crippen LogP) is 2.41. The molecule has 7 heteroatoms. The molecule has 100 valence electrons. The van der Waals surface area contributed by atoms with Gasteiger partial charge in [0.25, 0.3) is 0 Å². The fourth-order valence-electron chi connectivity index (χ4n) is 1.34. The van der Waals surface area contributed by atoms with Gasteiger partial charge in [0.1, 0.15) is 6.04 Å². The highest BCUT2D eigenvalue weighted by molar-refractivity contribution is 7.16. The minimum absolute atomic E-state index is 0.347. The van der Waals surface area contributed by atoms with E-state index in [0.29, 0.717) is 17.3 Å². The van der Waals surface area contributed by atoms with Crippen molar-refractivity contribution in [1.29, 1.82) is 0 Å². The van der Waals surface area contributed by atoms with Crippen molar-refractivity contribution in [1.82, 2.24) is 10.2 Å². The minimum Gasteiger partial charge on any atom is -0.480 e. The quantitative estimate of drug-likeness (QED) is 0.875. The zero-order chi connectivity index (χ0) is 13.7. The Hall–Kier alpha value is -1.27. The number of carboxylic acid groups (broad SMARTS) is 1. The summed E-state index contributed by atoms with van der Waals surface area (Å²) in [7, 11) is 1.61. The number of urea groups is 1. The Morgan fingerprint density at radius 2 is 2.22 bits per heavy atom. The van der Waals surface area contributed by atoms with Crippen molar-refractivity contribution < 1.29 is 14.7 Å². The molecule has 0 aliphatic carbocycles. The molecule has 0 unspecified atom stereocenters. The average molecular weight is 291 g/mol. The number of hydrogen-bond donors (Lipinski definition) is 2. The van der Waals surface area contributed by atoms with Gasteiger partial charge < -0.3 is 15.3 Å². The Labute approximate surface area is 114 Å². The van der Waals surface area contributed by atoms with Crippen molar-refractivity contribution in [3.63, 3.8) is 0 Å². The zero-order valence-electron chi connectivity index (χ0n) is 10.1. The van der Waals surface area contributed by atoms with E-state index in [2.05, 4.69) is 5.32 Å². The Morgan fingerprint density at radius 1 is 1.56 bits per heavy atom. The SMILES string of the molecule is CC[C@@H](NC(=O)N(C)Cc1ccc(Cl)s1)C(=O)O. The lowest BCUT2D eigenvalue weighted by atomic mass is 10.2. The van der Waals surface area contributed by atoms with Gasteiger partial charge in [0, 0.05) is 11.9 Å². The first-order chi connectivity index (χ1) is 8.43. The number of halogens is 1. The van der Waals surface area contributed by atoms with Crippen LogP contribution in [-0.2, 0) is 11.3 Å². The number of amides is 2. The Morgan fingerprint density at radius 3 is 2.67 bits per heavy atom. The summed E-state index contributed by atoms with van der Waals surface area (Å²) in [5, 5.41) is 11.3. The van der Waals surface area contributed by atoms with Gasteiger partial charge in [0.2, 0.25) is 0 Å². The lowest BCUT2D eigenvalue weighted by Gasteiger charge is -2.20. The highest BCUT2D eigenvalue weighted by atomic mass is 35.5. The van der Waals surface area contributed by atoms with E-state index in [1.54, 1.807) is 20.0 Å². The van der Waals surface area contributed by atoms with E-state index in [4.69, 9.17) is 16.7 Å². The van der Waals surface area contributed by atoms with E-state index in [1.807, 2.05) is 6.07 Å². The normalized spacial score (nSPS) is 11.9. The first-order valence-electron chi connectivity index (χ1n) is 5.42. The highest BCUT2D eigenvalue weighted by Crippen LogP contribution is 2.22. The monoisotopic (exact) mass is 290 g/mol. The number of carbonyl (C=O) groups excluding carboxylic acids is 1. The van der Waals surface area contributed by atoms with E-state index >= 15 is 0 Å². The second-order valence-electron chi connectivity index (χ2n) is 3.81. The molecule has 1 aromatic rings. The van der Waals surface area contributed by atoms with Crippen LogP contribution in [0, 0.1) is 0 Å². The summed E-state index contributed by atoms with van der Waals surface area (Å²) < 4.78 is 0.663. The van der Waals surface area contributed by atoms with Crippen LogP contribution in [0.5, 0.6) is 0 Å². The molecule has 5 nitrogen and oxygen atoms in total. The third-order valence-electron chi connectivity index (χ3n) is 2.37. The van der Waals surface area contributed by atoms with Crippen molar-refractivity contribution in [3.05, 3.63) is 21.3 Å². The molecule has 1 heterocycles. The summed E-state index contributed by atoms with van der Waals surface area (Å²) in [6.07, 6.45) is 0.347. The van der Waals surface area contributed by atoms with Crippen LogP contribution in [0.3, 0.4) is 0 Å². The molecule has 0 saturated carbocycles. The first-order valence-corrected chi connectivity index (χ1v) is 6.62. The Balaban J connectivity index is 2.53. The lowest BCUT2D eigenvalue weighted by Crippen LogP contribution is -2.46. The summed E-state index contributed by atoms with van der Waals surface area (Å²) in [5.74, 6) is -1.03. The van der Waals surface area contributed by atoms with Crippen LogP contribution in [0.25, 0.3) is 0 Å². The molecule has 0 aromatic carbocycles. The van der Waals surface area contributed by atoms with E-state index < -0.39 is 18.0 Å². The van der Waals surface area contributed by atoms with Gasteiger partial charge >= 0.3 is 12.0 Å². The van der Waals surface area contributed by atoms with Crippen LogP contribution in [0.4, 0.5) is 4.79 Å². The summed E-state index contributed by atoms with van der Waals surface area (Å²) in [6.45, 7) is 2.11. The molecular formula is C11H15ClN2O3S. The van der Waals surface area contributed by atoms with Crippen LogP contribution in [0.15, 0.2) is 12.1 Å². The topological polar surface area (TPSA) is 69.6 Å². The molecule has 0 aliphatic rings. The molecule has 2 N–H and O–H groups in total. The average Bonchev–Trinajstić information content (AvgIpc) is 2.70. The molecule has 0 fully saturated rings. The number of carboxylic acids is 1. The summed E-state index contributed by atoms with van der Waals surface area (Å²) in [6, 6.07) is 2.34. The number of rotatable bonds is 5. The largest absolute Gasteiger partial charge is 0.480 e. The number of aliphatic carboxylic acids is 1. The molecule has 0 radical (unpaired) electrons. The lowest BCUT2D eigenvalue weighted by molar-refractivity contribution is -0.139. The fourth-order valence-corrected chi connectivity index (χ4v) is 2.48. The molecule has 0 spiro atoms. The Kier molecular flexibility index (Phi) is 5.43. The standard InChI is InChI=1S/C11H15ClN2O3S/c1-3-8(10(15)16)13-11(17)14(2)6-7-4-5-9(12)18-7/h4-5,8H,3,6H2,1-2H3,(H,13,17)(H,15,16)/t8-/m1/s1. The highest BCUT2D eigenvalue weighted by Gasteiger charge is 2.19. The maximum absolute atomic E-state index is 11.8. The number of thiophene rings is 1. The molecule has 1 aromatic heterocycles. The van der Waals surface area contributed by atoms with Gasteiger partial charge in [-0.1, -0.05) is 18.5 Å². The molecule has 0 bridgehead atoms. The summed E-state index contributed by atoms with van der Waals surface area (Å²) >= 11 is 7.19. The van der Waals surface area contributed by atoms with Gasteiger partial charge in [-0.2, -0.15) is 0 Å². The second-order valence-corrected chi connectivity index (χ2v) is 5.61. The first kappa shape index (κ1) is 14.8. The fraction of sp³-hybridized carbons (Fsp3) is 0.455. The molecule has 0 saturated heterocycles. The van der Waals surface area contributed by atoms with Crippen molar-refractivity contribution >= 4 is 34.9 Å². The number of carbonyl (C=O) groups is 2. The van der Waals surface area contributed by atoms with Crippen molar-refractivity contribution in [2.45, 2.75) is 25.9 Å². The van der Waals surface area contributed by atoms with Crippen molar-refractivity contribution in [3.8, 4) is 0 Å². The molecular weight excluding hydrogens is 276 g/mol. The van der Waals surface area contributed by atoms with Gasteiger partial charge in [0.15, 0.2) is 0 Å². The van der Waals surface area contributed by atoms with E-state index in [1.165, 1.54) is 16.2 Å². The molecule has 1 rings (SSSR count). The predicted molar refractivity (Wildman–Crippen MR) is 71.0 cm³/mol. The van der Waals surface area contributed by atoms with E-state index in [-0.39, 0.29) is 0 Å². The van der Waals surface area contributed by atoms with Gasteiger partial charge in [-0.15, -0.1) is 11.3 Å². The van der Waals surface area contributed by atoms with Crippen LogP contribution in [0.2, 0.25) is 4.34 Å². The van der Waals surface area contributed by atoms with E-state index in [0.717, 1.165) is 4.88 Å². The summed E-state index contributed by atoms with van der Waals surface area (Å²) in [5.41, 5.74) is 0. The summed E-state index contributed by atoms with van der Waals surface area (Å²) in [4.78, 5) is 24.9. The molecule has 1 atom stereocenters. The number of hydrogen-bond acceptors (Lipinski definition) is 3. The van der Waals surface area contributed by atoms with Crippen LogP contribution in [-0.4, -0.2) is 35.1 Å². The van der Waals surface area contributed by atoms with Crippen LogP contribution < -0.4 is 5.32 Å². The van der Waals surface area contributed by atoms with Crippen molar-refractivity contribution in [2.24, 2.45) is 0 Å². The third kappa shape index (κ3) is 4.19.